The number of nitrogens with one attached hydrogen (secondary N) is 1. The number of hydrogen-bond donors (Lipinski definition) is 5. The Labute approximate surface area is 243 Å². The minimum Gasteiger partial charge on any atom is -0.400 e. The van der Waals surface area contributed by atoms with Gasteiger partial charge in [0.2, 0.25) is 0 Å². The lowest BCUT2D eigenvalue weighted by atomic mass is 10.5. The predicted molar refractivity (Wildman–Crippen MR) is 150 cm³/mol. The summed E-state index contributed by atoms with van der Waals surface area (Å²) in [6, 6.07) is 0. The van der Waals surface area contributed by atoms with Gasteiger partial charge in [0.1, 0.15) is 23.3 Å². The lowest BCUT2D eigenvalue weighted by molar-refractivity contribution is -0.00681. The molecule has 0 radical (unpaired) electrons. The average Bonchev–Trinajstić information content (AvgIpc) is 3.59. The Morgan fingerprint density at radius 3 is 1.87 bits per heavy atom. The van der Waals surface area contributed by atoms with E-state index in [2.05, 4.69) is 39.5 Å². The SMILES string of the molecule is CCI.CO.Nc1nc(=O)n([C@@H]2CS[C@H](CO)O2)cc1F.O=c1nc(NCl)c(F)cn1[C@@H]1CS[C@H](CO)O1. The maximum absolute atomic E-state index is 13.4. The van der Waals surface area contributed by atoms with E-state index >= 15 is 0 Å². The van der Waals surface area contributed by atoms with Crippen molar-refractivity contribution < 1.29 is 33.6 Å². The molecule has 0 aliphatic carbocycles. The molecular formula is C19H28ClF2IN6O7S2. The number of nitrogens with zero attached hydrogens (tertiary/aromatic N) is 4. The van der Waals surface area contributed by atoms with Gasteiger partial charge in [-0.1, -0.05) is 29.5 Å². The van der Waals surface area contributed by atoms with Crippen molar-refractivity contribution in [2.75, 3.05) is 46.8 Å². The van der Waals surface area contributed by atoms with Crippen molar-refractivity contribution in [3.8, 4) is 0 Å². The van der Waals surface area contributed by atoms with E-state index in [-0.39, 0.29) is 19.0 Å². The molecule has 0 aromatic carbocycles. The molecule has 4 heterocycles. The zero-order valence-electron chi connectivity index (χ0n) is 20.2. The molecule has 216 valence electrons. The fraction of sp³-hybridized carbons (Fsp3) is 0.579. The highest BCUT2D eigenvalue weighted by molar-refractivity contribution is 14.1. The van der Waals surface area contributed by atoms with Crippen LogP contribution in [0, 0.1) is 11.6 Å². The van der Waals surface area contributed by atoms with Crippen LogP contribution in [-0.2, 0) is 9.47 Å². The van der Waals surface area contributed by atoms with E-state index in [0.717, 1.165) is 28.6 Å². The number of aliphatic hydroxyl groups is 3. The number of thioether (sulfide) groups is 2. The van der Waals surface area contributed by atoms with Crippen LogP contribution in [0.2, 0.25) is 0 Å². The van der Waals surface area contributed by atoms with Gasteiger partial charge in [-0.3, -0.25) is 14.0 Å². The van der Waals surface area contributed by atoms with Crippen LogP contribution < -0.4 is 21.9 Å². The van der Waals surface area contributed by atoms with Gasteiger partial charge in [0.25, 0.3) is 0 Å². The molecule has 2 aromatic heterocycles. The van der Waals surface area contributed by atoms with Crippen LogP contribution in [0.25, 0.3) is 0 Å². The quantitative estimate of drug-likeness (QED) is 0.169. The molecule has 2 aliphatic rings. The summed E-state index contributed by atoms with van der Waals surface area (Å²) in [5, 5.41) is 24.7. The van der Waals surface area contributed by atoms with Gasteiger partial charge in [-0.2, -0.15) is 9.97 Å². The van der Waals surface area contributed by atoms with E-state index < -0.39 is 52.2 Å². The van der Waals surface area contributed by atoms with Crippen molar-refractivity contribution in [2.45, 2.75) is 30.3 Å². The Hall–Kier alpha value is -1.26. The summed E-state index contributed by atoms with van der Waals surface area (Å²) >= 11 is 10.2. The summed E-state index contributed by atoms with van der Waals surface area (Å²) in [6.07, 6.45) is 0.703. The van der Waals surface area contributed by atoms with Crippen molar-refractivity contribution in [1.82, 2.24) is 19.1 Å². The van der Waals surface area contributed by atoms with Crippen LogP contribution in [0.15, 0.2) is 22.0 Å². The van der Waals surface area contributed by atoms with Gasteiger partial charge in [0.05, 0.1) is 25.6 Å². The Morgan fingerprint density at radius 1 is 1.05 bits per heavy atom. The summed E-state index contributed by atoms with van der Waals surface area (Å²) in [7, 11) is 1.00. The third-order valence-electron chi connectivity index (χ3n) is 4.32. The molecule has 2 saturated heterocycles. The number of ether oxygens (including phenoxy) is 2. The number of halogens is 4. The molecule has 0 amide bonds. The van der Waals surface area contributed by atoms with Gasteiger partial charge in [-0.05, 0) is 4.43 Å². The maximum atomic E-state index is 13.4. The molecule has 4 atom stereocenters. The highest BCUT2D eigenvalue weighted by atomic mass is 127. The zero-order valence-corrected chi connectivity index (χ0v) is 24.7. The van der Waals surface area contributed by atoms with E-state index in [1.807, 2.05) is 4.84 Å². The first-order chi connectivity index (χ1) is 18.2. The van der Waals surface area contributed by atoms with Crippen LogP contribution in [-0.4, -0.2) is 81.6 Å². The molecule has 0 spiro atoms. The second-order valence-corrected chi connectivity index (χ2v) is 10.8. The van der Waals surface area contributed by atoms with E-state index in [1.54, 1.807) is 0 Å². The fourth-order valence-electron chi connectivity index (χ4n) is 2.75. The number of hydrogen-bond acceptors (Lipinski definition) is 13. The molecule has 0 unspecified atom stereocenters. The molecule has 2 aromatic rings. The molecular weight excluding hydrogens is 689 g/mol. The van der Waals surface area contributed by atoms with Crippen molar-refractivity contribution in [3.05, 3.63) is 45.0 Å². The highest BCUT2D eigenvalue weighted by Gasteiger charge is 2.29. The minimum absolute atomic E-state index is 0.152. The number of anilines is 2. The van der Waals surface area contributed by atoms with Crippen LogP contribution in [0.4, 0.5) is 20.4 Å². The van der Waals surface area contributed by atoms with Gasteiger partial charge >= 0.3 is 11.4 Å². The Balaban J connectivity index is 0.000000326. The number of nitrogens with two attached hydrogens (primary N) is 1. The molecule has 2 aliphatic heterocycles. The number of aliphatic hydroxyl groups excluding tert-OH is 3. The van der Waals surface area contributed by atoms with Crippen molar-refractivity contribution >= 4 is 69.5 Å². The monoisotopic (exact) mass is 716 g/mol. The number of rotatable bonds is 5. The summed E-state index contributed by atoms with van der Waals surface area (Å²) in [6.45, 7) is 1.80. The molecule has 2 fully saturated rings. The summed E-state index contributed by atoms with van der Waals surface area (Å²) in [5.74, 6) is -1.36. The number of aromatic nitrogens is 4. The standard InChI is InChI=1S/C8H9ClFN3O3S.C8H10FN3O3S.C2H5I.CH4O/c9-12-7-4(10)1-13(8(15)11-7)5-3-17-6(2-14)16-5;9-4-1-12(8(14)11-7(4)10)5-3-16-6(2-13)15-5;1-2-3;1-2/h1,5-6,14H,2-3H2,(H,11,12,15);1,5-6,13H,2-3H2,(H2,10,11,14);2H2,1H3;2H,1H3/t2*5-,6+;;/m00../s1. The third-order valence-corrected chi connectivity index (χ3v) is 6.71. The number of nitrogen functional groups attached to an aromatic ring is 1. The van der Waals surface area contributed by atoms with Gasteiger partial charge in [-0.25, -0.2) is 18.4 Å². The first-order valence-electron chi connectivity index (χ1n) is 10.6. The third kappa shape index (κ3) is 10.0. The topological polar surface area (TPSA) is 187 Å². The van der Waals surface area contributed by atoms with E-state index in [4.69, 9.17) is 42.3 Å². The lowest BCUT2D eigenvalue weighted by Gasteiger charge is -2.14. The molecule has 6 N–H and O–H groups in total. The van der Waals surface area contributed by atoms with Crippen molar-refractivity contribution in [2.24, 2.45) is 0 Å². The second kappa shape index (κ2) is 18.2. The zero-order chi connectivity index (χ0) is 28.8. The highest BCUT2D eigenvalue weighted by Crippen LogP contribution is 2.31. The van der Waals surface area contributed by atoms with Gasteiger partial charge in [0.15, 0.2) is 23.3 Å². The van der Waals surface area contributed by atoms with Gasteiger partial charge in [0, 0.05) is 30.4 Å². The van der Waals surface area contributed by atoms with E-state index in [1.165, 1.54) is 28.0 Å². The number of alkyl halides is 1. The molecule has 38 heavy (non-hydrogen) atoms. The molecule has 19 heteroatoms. The molecule has 0 bridgehead atoms. The Morgan fingerprint density at radius 2 is 1.47 bits per heavy atom. The summed E-state index contributed by atoms with van der Waals surface area (Å²) in [4.78, 5) is 31.7. The normalized spacial score (nSPS) is 21.8. The minimum atomic E-state index is -0.763. The Bertz CT molecular complexity index is 1120. The lowest BCUT2D eigenvalue weighted by Crippen LogP contribution is -2.29. The van der Waals surface area contributed by atoms with Gasteiger partial charge < -0.3 is 30.5 Å². The Kier molecular flexibility index (Phi) is 16.6. The second-order valence-electron chi connectivity index (χ2n) is 6.73. The maximum Gasteiger partial charge on any atom is 0.351 e. The fourth-order valence-corrected chi connectivity index (χ4v) is 4.75. The van der Waals surface area contributed by atoms with Crippen molar-refractivity contribution in [1.29, 1.82) is 0 Å². The van der Waals surface area contributed by atoms with Crippen molar-refractivity contribution in [3.63, 3.8) is 0 Å². The first kappa shape index (κ1) is 34.8. The summed E-state index contributed by atoms with van der Waals surface area (Å²) in [5.41, 5.74) is 3.03. The van der Waals surface area contributed by atoms with Crippen LogP contribution in [0.1, 0.15) is 19.4 Å². The van der Waals surface area contributed by atoms with E-state index in [0.29, 0.717) is 11.5 Å². The first-order valence-corrected chi connectivity index (χ1v) is 14.6. The van der Waals surface area contributed by atoms with Crippen LogP contribution >= 0.6 is 57.9 Å². The van der Waals surface area contributed by atoms with Crippen LogP contribution in [0.3, 0.4) is 0 Å². The molecule has 4 rings (SSSR count). The van der Waals surface area contributed by atoms with Crippen LogP contribution in [0.5, 0.6) is 0 Å². The van der Waals surface area contributed by atoms with E-state index in [9.17, 15) is 18.4 Å². The molecule has 0 saturated carbocycles. The summed E-state index contributed by atoms with van der Waals surface area (Å²) < 4.78 is 40.4. The van der Waals surface area contributed by atoms with Gasteiger partial charge in [-0.15, -0.1) is 23.5 Å². The largest absolute Gasteiger partial charge is 0.400 e. The smallest absolute Gasteiger partial charge is 0.351 e. The molecule has 13 nitrogen and oxygen atoms in total. The predicted octanol–water partition coefficient (Wildman–Crippen LogP) is 1.12. The average molecular weight is 717 g/mol.